The Labute approximate surface area is 186 Å². The highest BCUT2D eigenvalue weighted by atomic mass is 15.0. The summed E-state index contributed by atoms with van der Waals surface area (Å²) in [5, 5.41) is 7.29. The molecule has 0 aromatic rings. The molecule has 0 saturated carbocycles. The number of hydrogen-bond acceptors (Lipinski definition) is 4. The molecule has 4 nitrogen and oxygen atoms in total. The highest BCUT2D eigenvalue weighted by Crippen LogP contribution is 2.21. The van der Waals surface area contributed by atoms with Gasteiger partial charge in [0.2, 0.25) is 0 Å². The van der Waals surface area contributed by atoms with Crippen molar-refractivity contribution in [1.29, 1.82) is 0 Å². The van der Waals surface area contributed by atoms with Crippen molar-refractivity contribution in [3.05, 3.63) is 23.5 Å². The molecule has 1 rings (SSSR count). The van der Waals surface area contributed by atoms with Crippen LogP contribution in [-0.4, -0.2) is 37.6 Å². The Bertz CT molecular complexity index is 631. The van der Waals surface area contributed by atoms with Crippen LogP contribution in [0.3, 0.4) is 0 Å². The van der Waals surface area contributed by atoms with Crippen molar-refractivity contribution in [3.63, 3.8) is 0 Å². The van der Waals surface area contributed by atoms with Gasteiger partial charge in [0.05, 0.1) is 22.8 Å². The van der Waals surface area contributed by atoms with E-state index < -0.39 is 0 Å². The van der Waals surface area contributed by atoms with E-state index in [9.17, 15) is 0 Å². The SMILES string of the molecule is CC(C)(C)CN=C1C=C(NCC(C)(C)C)C(=NCC(C)(C)C)C=C1NCC(C)(C)C. The van der Waals surface area contributed by atoms with E-state index in [4.69, 9.17) is 9.98 Å². The van der Waals surface area contributed by atoms with E-state index in [0.29, 0.717) is 0 Å². The summed E-state index contributed by atoms with van der Waals surface area (Å²) >= 11 is 0. The Morgan fingerprint density at radius 3 is 1.07 bits per heavy atom. The Morgan fingerprint density at radius 1 is 0.533 bits per heavy atom. The summed E-state index contributed by atoms with van der Waals surface area (Å²) in [5.41, 5.74) is 4.85. The standard InChI is InChI=1S/C26H48N4/c1-23(2,3)15-27-19-13-21(29-17-25(7,8)9)22(30-18-26(10,11)12)14-20(19)28-16-24(4,5)6/h13-14,27,30H,15-18H2,1-12H3. The summed E-state index contributed by atoms with van der Waals surface area (Å²) in [4.78, 5) is 9.98. The zero-order valence-corrected chi connectivity index (χ0v) is 21.9. The number of allylic oxidation sites excluding steroid dienone is 2. The van der Waals surface area contributed by atoms with E-state index in [0.717, 1.165) is 49.0 Å². The third-order valence-electron chi connectivity index (χ3n) is 4.18. The van der Waals surface area contributed by atoms with Crippen LogP contribution in [0.5, 0.6) is 0 Å². The molecule has 0 aromatic carbocycles. The smallest absolute Gasteiger partial charge is 0.0828 e. The first-order valence-electron chi connectivity index (χ1n) is 11.4. The molecule has 1 aliphatic carbocycles. The Balaban J connectivity index is 3.34. The van der Waals surface area contributed by atoms with E-state index in [-0.39, 0.29) is 21.7 Å². The maximum Gasteiger partial charge on any atom is 0.0828 e. The first kappa shape index (κ1) is 26.5. The van der Waals surface area contributed by atoms with Gasteiger partial charge in [0.25, 0.3) is 0 Å². The van der Waals surface area contributed by atoms with Crippen molar-refractivity contribution in [2.24, 2.45) is 31.6 Å². The predicted octanol–water partition coefficient (Wildman–Crippen LogP) is 6.01. The monoisotopic (exact) mass is 416 g/mol. The Hall–Kier alpha value is -1.58. The number of rotatable bonds is 6. The average Bonchev–Trinajstić information content (AvgIpc) is 2.52. The van der Waals surface area contributed by atoms with E-state index >= 15 is 0 Å². The molecule has 0 radical (unpaired) electrons. The summed E-state index contributed by atoms with van der Waals surface area (Å²) in [6, 6.07) is 0. The van der Waals surface area contributed by atoms with Gasteiger partial charge in [-0.3, -0.25) is 9.98 Å². The van der Waals surface area contributed by atoms with Crippen LogP contribution < -0.4 is 10.6 Å². The predicted molar refractivity (Wildman–Crippen MR) is 135 cm³/mol. The fraction of sp³-hybridized carbons (Fsp3) is 0.769. The second kappa shape index (κ2) is 9.70. The molecule has 172 valence electrons. The summed E-state index contributed by atoms with van der Waals surface area (Å²) in [7, 11) is 0. The zero-order chi connectivity index (χ0) is 23.4. The van der Waals surface area contributed by atoms with Gasteiger partial charge in [-0.25, -0.2) is 0 Å². The second-order valence-electron chi connectivity index (χ2n) is 13.5. The van der Waals surface area contributed by atoms with Gasteiger partial charge in [0.1, 0.15) is 0 Å². The van der Waals surface area contributed by atoms with E-state index in [1.54, 1.807) is 0 Å². The lowest BCUT2D eigenvalue weighted by Crippen LogP contribution is -2.36. The highest BCUT2D eigenvalue weighted by molar-refractivity contribution is 6.23. The van der Waals surface area contributed by atoms with E-state index in [2.05, 4.69) is 106 Å². The van der Waals surface area contributed by atoms with Crippen molar-refractivity contribution in [3.8, 4) is 0 Å². The van der Waals surface area contributed by atoms with E-state index in [1.807, 2.05) is 0 Å². The molecule has 0 spiro atoms. The molecule has 30 heavy (non-hydrogen) atoms. The lowest BCUT2D eigenvalue weighted by Gasteiger charge is -2.27. The molecule has 0 amide bonds. The molecular formula is C26H48N4. The summed E-state index contributed by atoms with van der Waals surface area (Å²) in [6.45, 7) is 30.2. The Kier molecular flexibility index (Phi) is 8.55. The molecule has 0 saturated heterocycles. The van der Waals surface area contributed by atoms with Gasteiger partial charge in [-0.15, -0.1) is 0 Å². The van der Waals surface area contributed by atoms with Crippen LogP contribution in [0.25, 0.3) is 0 Å². The average molecular weight is 417 g/mol. The second-order valence-corrected chi connectivity index (χ2v) is 13.5. The maximum atomic E-state index is 4.99. The van der Waals surface area contributed by atoms with Crippen LogP contribution in [-0.2, 0) is 0 Å². The number of aliphatic imine (C=N–C) groups is 2. The Morgan fingerprint density at radius 2 is 0.833 bits per heavy atom. The molecule has 0 bridgehead atoms. The fourth-order valence-electron chi connectivity index (χ4n) is 2.49. The van der Waals surface area contributed by atoms with Gasteiger partial charge < -0.3 is 10.6 Å². The molecule has 0 aromatic heterocycles. The van der Waals surface area contributed by atoms with Crippen molar-refractivity contribution in [2.45, 2.75) is 83.1 Å². The van der Waals surface area contributed by atoms with Gasteiger partial charge in [0, 0.05) is 26.2 Å². The quantitative estimate of drug-likeness (QED) is 0.521. The maximum absolute atomic E-state index is 4.99. The summed E-state index contributed by atoms with van der Waals surface area (Å²) < 4.78 is 0. The number of nitrogens with one attached hydrogen (secondary N) is 2. The van der Waals surface area contributed by atoms with Crippen LogP contribution in [0.1, 0.15) is 83.1 Å². The molecule has 0 fully saturated rings. The van der Waals surface area contributed by atoms with Gasteiger partial charge in [0.15, 0.2) is 0 Å². The lowest BCUT2D eigenvalue weighted by molar-refractivity contribution is 0.397. The number of nitrogens with zero attached hydrogens (tertiary/aromatic N) is 2. The van der Waals surface area contributed by atoms with Crippen LogP contribution >= 0.6 is 0 Å². The third kappa shape index (κ3) is 11.6. The number of hydrogen-bond donors (Lipinski definition) is 2. The molecule has 2 N–H and O–H groups in total. The van der Waals surface area contributed by atoms with Crippen molar-refractivity contribution >= 4 is 11.4 Å². The topological polar surface area (TPSA) is 48.8 Å². The van der Waals surface area contributed by atoms with Gasteiger partial charge in [-0.2, -0.15) is 0 Å². The minimum atomic E-state index is 0.148. The van der Waals surface area contributed by atoms with Crippen LogP contribution in [0.15, 0.2) is 33.5 Å². The van der Waals surface area contributed by atoms with E-state index in [1.165, 1.54) is 0 Å². The van der Waals surface area contributed by atoms with Crippen molar-refractivity contribution < 1.29 is 0 Å². The lowest BCUT2D eigenvalue weighted by atomic mass is 9.94. The molecule has 0 heterocycles. The van der Waals surface area contributed by atoms with Gasteiger partial charge in [-0.1, -0.05) is 83.1 Å². The highest BCUT2D eigenvalue weighted by Gasteiger charge is 2.22. The van der Waals surface area contributed by atoms with Crippen LogP contribution in [0.2, 0.25) is 0 Å². The largest absolute Gasteiger partial charge is 0.383 e. The normalized spacial score (nSPS) is 19.1. The summed E-state index contributed by atoms with van der Waals surface area (Å²) in [5.74, 6) is 0. The molecular weight excluding hydrogens is 368 g/mol. The van der Waals surface area contributed by atoms with Gasteiger partial charge in [-0.05, 0) is 33.8 Å². The van der Waals surface area contributed by atoms with Gasteiger partial charge >= 0.3 is 0 Å². The molecule has 0 atom stereocenters. The van der Waals surface area contributed by atoms with Crippen molar-refractivity contribution in [2.75, 3.05) is 26.2 Å². The minimum Gasteiger partial charge on any atom is -0.383 e. The first-order chi connectivity index (χ1) is 13.3. The molecule has 4 heteroatoms. The van der Waals surface area contributed by atoms with Crippen LogP contribution in [0.4, 0.5) is 0 Å². The van der Waals surface area contributed by atoms with Crippen molar-refractivity contribution in [1.82, 2.24) is 10.6 Å². The molecule has 0 unspecified atom stereocenters. The third-order valence-corrected chi connectivity index (χ3v) is 4.18. The molecule has 0 aliphatic heterocycles. The fourth-order valence-corrected chi connectivity index (χ4v) is 2.49. The van der Waals surface area contributed by atoms with Crippen LogP contribution in [0, 0.1) is 21.7 Å². The molecule has 1 aliphatic rings. The summed E-state index contributed by atoms with van der Waals surface area (Å²) in [6.07, 6.45) is 4.37. The first-order valence-corrected chi connectivity index (χ1v) is 11.4. The minimum absolute atomic E-state index is 0.148. The zero-order valence-electron chi connectivity index (χ0n) is 21.9.